The molecule has 142 valence electrons. The van der Waals surface area contributed by atoms with Crippen LogP contribution in [0.2, 0.25) is 0 Å². The maximum atomic E-state index is 12.9. The van der Waals surface area contributed by atoms with Crippen LogP contribution in [0.4, 0.5) is 15.8 Å². The predicted octanol–water partition coefficient (Wildman–Crippen LogP) is 3.68. The van der Waals surface area contributed by atoms with Gasteiger partial charge in [0.05, 0.1) is 30.2 Å². The molecule has 0 saturated heterocycles. The van der Waals surface area contributed by atoms with E-state index in [1.165, 1.54) is 25.4 Å². The molecule has 1 amide bonds. The molecule has 3 rings (SSSR count). The molecule has 0 fully saturated rings. The summed E-state index contributed by atoms with van der Waals surface area (Å²) in [6.07, 6.45) is 1.50. The number of hydrogen-bond donors (Lipinski definition) is 2. The van der Waals surface area contributed by atoms with Gasteiger partial charge in [-0.25, -0.2) is 14.2 Å². The molecule has 7 heteroatoms. The molecule has 0 bridgehead atoms. The maximum absolute atomic E-state index is 12.9. The van der Waals surface area contributed by atoms with Gasteiger partial charge >= 0.3 is 5.97 Å². The molecular formula is C21H18FN3O3. The Labute approximate surface area is 161 Å². The topological polar surface area (TPSA) is 80.3 Å². The van der Waals surface area contributed by atoms with Gasteiger partial charge < -0.3 is 15.4 Å². The Kier molecular flexibility index (Phi) is 5.96. The van der Waals surface area contributed by atoms with Crippen LogP contribution in [0.15, 0.2) is 66.9 Å². The molecule has 0 aliphatic carbocycles. The third-order valence-electron chi connectivity index (χ3n) is 3.97. The van der Waals surface area contributed by atoms with Gasteiger partial charge in [0, 0.05) is 6.54 Å². The van der Waals surface area contributed by atoms with Crippen molar-refractivity contribution in [3.8, 4) is 0 Å². The van der Waals surface area contributed by atoms with E-state index in [-0.39, 0.29) is 24.0 Å². The van der Waals surface area contributed by atoms with Gasteiger partial charge in [-0.1, -0.05) is 24.3 Å². The molecule has 2 aromatic carbocycles. The van der Waals surface area contributed by atoms with Crippen LogP contribution in [0.25, 0.3) is 0 Å². The summed E-state index contributed by atoms with van der Waals surface area (Å²) in [7, 11) is 1.32. The van der Waals surface area contributed by atoms with Gasteiger partial charge in [0.1, 0.15) is 11.5 Å². The summed E-state index contributed by atoms with van der Waals surface area (Å²) in [5, 5.41) is 5.82. The standard InChI is InChI=1S/C21H18FN3O3/c1-28-21(27)17-4-2-3-5-18(17)25-16-10-11-19(23-13-16)20(26)24-12-14-6-8-15(22)9-7-14/h2-11,13,25H,12H2,1H3,(H,24,26). The number of anilines is 2. The number of methoxy groups -OCH3 is 1. The largest absolute Gasteiger partial charge is 0.465 e. The number of esters is 1. The first-order valence-electron chi connectivity index (χ1n) is 8.50. The zero-order chi connectivity index (χ0) is 19.9. The highest BCUT2D eigenvalue weighted by Gasteiger charge is 2.12. The zero-order valence-electron chi connectivity index (χ0n) is 15.1. The highest BCUT2D eigenvalue weighted by molar-refractivity contribution is 5.96. The number of pyridine rings is 1. The first kappa shape index (κ1) is 19.0. The fourth-order valence-corrected chi connectivity index (χ4v) is 2.51. The van der Waals surface area contributed by atoms with Gasteiger partial charge in [0.15, 0.2) is 0 Å². The minimum Gasteiger partial charge on any atom is -0.465 e. The van der Waals surface area contributed by atoms with E-state index in [2.05, 4.69) is 15.6 Å². The Morgan fingerprint density at radius 3 is 2.46 bits per heavy atom. The number of hydrogen-bond acceptors (Lipinski definition) is 5. The molecular weight excluding hydrogens is 361 g/mol. The second-order valence-corrected chi connectivity index (χ2v) is 5.90. The number of halogens is 1. The second kappa shape index (κ2) is 8.77. The van der Waals surface area contributed by atoms with E-state index in [4.69, 9.17) is 4.74 Å². The number of nitrogens with zero attached hydrogens (tertiary/aromatic N) is 1. The number of nitrogens with one attached hydrogen (secondary N) is 2. The Morgan fingerprint density at radius 1 is 1.04 bits per heavy atom. The fraction of sp³-hybridized carbons (Fsp3) is 0.0952. The molecule has 0 unspecified atom stereocenters. The fourth-order valence-electron chi connectivity index (χ4n) is 2.51. The van der Waals surface area contributed by atoms with E-state index in [9.17, 15) is 14.0 Å². The first-order chi connectivity index (χ1) is 13.6. The van der Waals surface area contributed by atoms with Crippen LogP contribution in [0.5, 0.6) is 0 Å². The van der Waals surface area contributed by atoms with Crippen molar-refractivity contribution >= 4 is 23.3 Å². The average Bonchev–Trinajstić information content (AvgIpc) is 2.73. The molecule has 1 aromatic heterocycles. The summed E-state index contributed by atoms with van der Waals surface area (Å²) in [5.74, 6) is -1.12. The van der Waals surface area contributed by atoms with Crippen LogP contribution in [-0.4, -0.2) is 24.0 Å². The van der Waals surface area contributed by atoms with Gasteiger partial charge in [0.2, 0.25) is 0 Å². The summed E-state index contributed by atoms with van der Waals surface area (Å²) in [4.78, 5) is 28.2. The number of carbonyl (C=O) groups is 2. The van der Waals surface area contributed by atoms with Crippen molar-refractivity contribution in [1.29, 1.82) is 0 Å². The number of amides is 1. The van der Waals surface area contributed by atoms with E-state index in [0.717, 1.165) is 5.56 Å². The number of rotatable bonds is 6. The third-order valence-corrected chi connectivity index (χ3v) is 3.97. The van der Waals surface area contributed by atoms with Crippen molar-refractivity contribution in [2.75, 3.05) is 12.4 Å². The minimum atomic E-state index is -0.451. The van der Waals surface area contributed by atoms with Crippen molar-refractivity contribution in [3.63, 3.8) is 0 Å². The number of benzene rings is 2. The van der Waals surface area contributed by atoms with Crippen molar-refractivity contribution in [2.45, 2.75) is 6.54 Å². The van der Waals surface area contributed by atoms with Crippen LogP contribution < -0.4 is 10.6 Å². The van der Waals surface area contributed by atoms with Gasteiger partial charge in [-0.3, -0.25) is 4.79 Å². The third kappa shape index (κ3) is 4.70. The lowest BCUT2D eigenvalue weighted by Gasteiger charge is -2.11. The second-order valence-electron chi connectivity index (χ2n) is 5.90. The monoisotopic (exact) mass is 379 g/mol. The van der Waals surface area contributed by atoms with Crippen LogP contribution in [0.1, 0.15) is 26.4 Å². The van der Waals surface area contributed by atoms with Crippen LogP contribution in [0.3, 0.4) is 0 Å². The normalized spacial score (nSPS) is 10.2. The lowest BCUT2D eigenvalue weighted by molar-refractivity contribution is 0.0601. The molecule has 28 heavy (non-hydrogen) atoms. The summed E-state index contributed by atoms with van der Waals surface area (Å²) in [5.41, 5.74) is 2.61. The molecule has 6 nitrogen and oxygen atoms in total. The number of aromatic nitrogens is 1. The van der Waals surface area contributed by atoms with Crippen LogP contribution in [-0.2, 0) is 11.3 Å². The maximum Gasteiger partial charge on any atom is 0.339 e. The molecule has 0 saturated carbocycles. The van der Waals surface area contributed by atoms with Gasteiger partial charge in [0.25, 0.3) is 5.91 Å². The summed E-state index contributed by atoms with van der Waals surface area (Å²) < 4.78 is 17.7. The highest BCUT2D eigenvalue weighted by Crippen LogP contribution is 2.21. The van der Waals surface area contributed by atoms with E-state index in [1.54, 1.807) is 48.5 Å². The SMILES string of the molecule is COC(=O)c1ccccc1Nc1ccc(C(=O)NCc2ccc(F)cc2)nc1. The molecule has 0 atom stereocenters. The van der Waals surface area contributed by atoms with E-state index < -0.39 is 5.97 Å². The van der Waals surface area contributed by atoms with Gasteiger partial charge in [-0.15, -0.1) is 0 Å². The lowest BCUT2D eigenvalue weighted by Crippen LogP contribution is -2.23. The molecule has 1 heterocycles. The predicted molar refractivity (Wildman–Crippen MR) is 103 cm³/mol. The Bertz CT molecular complexity index is 973. The van der Waals surface area contributed by atoms with Gasteiger partial charge in [-0.05, 0) is 42.0 Å². The van der Waals surface area contributed by atoms with E-state index >= 15 is 0 Å². The van der Waals surface area contributed by atoms with Crippen molar-refractivity contribution in [3.05, 3.63) is 89.5 Å². The van der Waals surface area contributed by atoms with E-state index in [0.29, 0.717) is 16.9 Å². The molecule has 0 radical (unpaired) electrons. The number of carbonyl (C=O) groups excluding carboxylic acids is 2. The Hall–Kier alpha value is -3.74. The van der Waals surface area contributed by atoms with E-state index in [1.807, 2.05) is 0 Å². The molecule has 0 aliphatic heterocycles. The summed E-state index contributed by atoms with van der Waals surface area (Å²) >= 11 is 0. The molecule has 0 spiro atoms. The quantitative estimate of drug-likeness (QED) is 0.639. The van der Waals surface area contributed by atoms with Crippen molar-refractivity contribution in [2.24, 2.45) is 0 Å². The molecule has 2 N–H and O–H groups in total. The minimum absolute atomic E-state index is 0.244. The first-order valence-corrected chi connectivity index (χ1v) is 8.50. The Morgan fingerprint density at radius 2 is 1.79 bits per heavy atom. The number of para-hydroxylation sites is 1. The zero-order valence-corrected chi connectivity index (χ0v) is 15.1. The molecule has 3 aromatic rings. The smallest absolute Gasteiger partial charge is 0.339 e. The van der Waals surface area contributed by atoms with Crippen molar-refractivity contribution in [1.82, 2.24) is 10.3 Å². The average molecular weight is 379 g/mol. The lowest BCUT2D eigenvalue weighted by atomic mass is 10.1. The van der Waals surface area contributed by atoms with Gasteiger partial charge in [-0.2, -0.15) is 0 Å². The van der Waals surface area contributed by atoms with Crippen molar-refractivity contribution < 1.29 is 18.7 Å². The summed E-state index contributed by atoms with van der Waals surface area (Å²) in [6, 6.07) is 16.1. The highest BCUT2D eigenvalue weighted by atomic mass is 19.1. The summed E-state index contributed by atoms with van der Waals surface area (Å²) in [6.45, 7) is 0.271. The Balaban J connectivity index is 1.64. The molecule has 0 aliphatic rings. The van der Waals surface area contributed by atoms with Crippen LogP contribution in [0, 0.1) is 5.82 Å². The van der Waals surface area contributed by atoms with Crippen LogP contribution >= 0.6 is 0 Å². The number of ether oxygens (including phenoxy) is 1.